The van der Waals surface area contributed by atoms with Crippen molar-refractivity contribution < 1.29 is 17.7 Å². The first-order valence-electron chi connectivity index (χ1n) is 8.68. The Balaban J connectivity index is 1.62. The summed E-state index contributed by atoms with van der Waals surface area (Å²) in [4.78, 5) is 1.76. The van der Waals surface area contributed by atoms with Crippen molar-refractivity contribution >= 4 is 10.0 Å². The summed E-state index contributed by atoms with van der Waals surface area (Å²) in [5.74, 6) is -0.411. The number of quaternary nitrogens is 1. The van der Waals surface area contributed by atoms with Crippen LogP contribution < -0.4 is 4.90 Å². The first-order valence-corrected chi connectivity index (χ1v) is 10.1. The number of nitrogens with zero attached hydrogens (tertiary/aromatic N) is 1. The Kier molecular flexibility index (Phi) is 5.34. The number of nitrogens with one attached hydrogen (secondary N) is 1. The van der Waals surface area contributed by atoms with Crippen molar-refractivity contribution in [2.24, 2.45) is 0 Å². The highest BCUT2D eigenvalue weighted by molar-refractivity contribution is 7.89. The number of hydrogen-bond acceptors (Lipinski definition) is 2. The minimum atomic E-state index is -3.49. The molecule has 23 heavy (non-hydrogen) atoms. The molecule has 1 saturated heterocycles. The van der Waals surface area contributed by atoms with Crippen LogP contribution in [0.2, 0.25) is 0 Å². The molecule has 3 rings (SSSR count). The Morgan fingerprint density at radius 2 is 1.52 bits per heavy atom. The number of piperazine rings is 1. The third-order valence-electron chi connectivity index (χ3n) is 5.25. The molecule has 1 aliphatic heterocycles. The zero-order valence-electron chi connectivity index (χ0n) is 13.5. The normalized spacial score (nSPS) is 22.8. The van der Waals surface area contributed by atoms with Gasteiger partial charge in [-0.25, -0.2) is 12.8 Å². The summed E-state index contributed by atoms with van der Waals surface area (Å²) in [5.41, 5.74) is 0. The van der Waals surface area contributed by atoms with Gasteiger partial charge in [-0.15, -0.1) is 0 Å². The third-order valence-corrected chi connectivity index (χ3v) is 7.16. The van der Waals surface area contributed by atoms with Crippen LogP contribution in [0.15, 0.2) is 29.2 Å². The first kappa shape index (κ1) is 16.9. The molecule has 1 aromatic carbocycles. The lowest BCUT2D eigenvalue weighted by molar-refractivity contribution is -0.929. The number of rotatable bonds is 3. The van der Waals surface area contributed by atoms with Gasteiger partial charge in [0.05, 0.1) is 37.1 Å². The molecule has 4 nitrogen and oxygen atoms in total. The van der Waals surface area contributed by atoms with Gasteiger partial charge < -0.3 is 4.90 Å². The molecule has 1 heterocycles. The summed E-state index contributed by atoms with van der Waals surface area (Å²) in [7, 11) is -3.49. The van der Waals surface area contributed by atoms with Crippen molar-refractivity contribution in [1.29, 1.82) is 0 Å². The molecule has 2 fully saturated rings. The molecule has 1 saturated carbocycles. The van der Waals surface area contributed by atoms with E-state index in [1.807, 2.05) is 0 Å². The minimum absolute atomic E-state index is 0.191. The van der Waals surface area contributed by atoms with E-state index in [2.05, 4.69) is 0 Å². The van der Waals surface area contributed by atoms with Gasteiger partial charge in [0.2, 0.25) is 10.0 Å². The molecule has 0 amide bonds. The van der Waals surface area contributed by atoms with E-state index in [1.54, 1.807) is 9.21 Å². The third kappa shape index (κ3) is 3.92. The molecule has 6 heteroatoms. The molecule has 0 radical (unpaired) electrons. The van der Waals surface area contributed by atoms with Gasteiger partial charge in [-0.2, -0.15) is 4.31 Å². The van der Waals surface area contributed by atoms with Gasteiger partial charge in [-0.05, 0) is 49.9 Å². The molecular weight excluding hydrogens is 315 g/mol. The van der Waals surface area contributed by atoms with E-state index in [0.29, 0.717) is 19.1 Å². The van der Waals surface area contributed by atoms with Crippen LogP contribution in [0.5, 0.6) is 0 Å². The SMILES string of the molecule is O=S(=O)(c1ccc(F)cc1)N1CC[NH+](C2CCCCCC2)CC1. The summed E-state index contributed by atoms with van der Waals surface area (Å²) in [5, 5.41) is 0. The van der Waals surface area contributed by atoms with Gasteiger partial charge in [-0.1, -0.05) is 12.8 Å². The standard InChI is InChI=1S/C17H25FN2O2S/c18-15-7-9-17(10-8-15)23(21,22)20-13-11-19(12-14-20)16-5-3-1-2-4-6-16/h7-10,16H,1-6,11-14H2/p+1. The predicted molar refractivity (Wildman–Crippen MR) is 87.3 cm³/mol. The van der Waals surface area contributed by atoms with E-state index in [0.717, 1.165) is 13.1 Å². The smallest absolute Gasteiger partial charge is 0.243 e. The number of hydrogen-bond donors (Lipinski definition) is 1. The average Bonchev–Trinajstić information content (AvgIpc) is 2.85. The van der Waals surface area contributed by atoms with Crippen LogP contribution >= 0.6 is 0 Å². The van der Waals surface area contributed by atoms with Gasteiger partial charge in [-0.3, -0.25) is 0 Å². The van der Waals surface area contributed by atoms with Crippen molar-refractivity contribution in [3.63, 3.8) is 0 Å². The van der Waals surface area contributed by atoms with Crippen LogP contribution in [0, 0.1) is 5.82 Å². The van der Waals surface area contributed by atoms with Gasteiger partial charge in [0.15, 0.2) is 0 Å². The fourth-order valence-corrected chi connectivity index (χ4v) is 5.31. The molecule has 0 aromatic heterocycles. The Bertz CT molecular complexity index is 602. The van der Waals surface area contributed by atoms with Crippen LogP contribution in [-0.2, 0) is 10.0 Å². The van der Waals surface area contributed by atoms with Crippen LogP contribution in [-0.4, -0.2) is 44.9 Å². The van der Waals surface area contributed by atoms with Crippen LogP contribution in [0.25, 0.3) is 0 Å². The second-order valence-corrected chi connectivity index (χ2v) is 8.64. The Labute approximate surface area is 138 Å². The van der Waals surface area contributed by atoms with Crippen molar-refractivity contribution in [1.82, 2.24) is 4.31 Å². The molecular formula is C17H26FN2O2S+. The van der Waals surface area contributed by atoms with Crippen LogP contribution in [0.3, 0.4) is 0 Å². The predicted octanol–water partition coefficient (Wildman–Crippen LogP) is 1.44. The zero-order valence-corrected chi connectivity index (χ0v) is 14.3. The van der Waals surface area contributed by atoms with Gasteiger partial charge in [0.25, 0.3) is 0 Å². The molecule has 2 aliphatic rings. The first-order chi connectivity index (χ1) is 11.1. The summed E-state index contributed by atoms with van der Waals surface area (Å²) in [6.45, 7) is 2.88. The number of halogens is 1. The van der Waals surface area contributed by atoms with E-state index in [1.165, 1.54) is 62.8 Å². The van der Waals surface area contributed by atoms with Crippen molar-refractivity contribution in [2.45, 2.75) is 49.5 Å². The maximum atomic E-state index is 13.0. The monoisotopic (exact) mass is 341 g/mol. The molecule has 0 atom stereocenters. The van der Waals surface area contributed by atoms with Gasteiger partial charge in [0, 0.05) is 0 Å². The van der Waals surface area contributed by atoms with E-state index in [4.69, 9.17) is 0 Å². The maximum Gasteiger partial charge on any atom is 0.243 e. The fourth-order valence-electron chi connectivity index (χ4n) is 3.87. The molecule has 0 spiro atoms. The summed E-state index contributed by atoms with van der Waals surface area (Å²) >= 11 is 0. The quantitative estimate of drug-likeness (QED) is 0.846. The van der Waals surface area contributed by atoms with Crippen LogP contribution in [0.4, 0.5) is 4.39 Å². The molecule has 1 N–H and O–H groups in total. The number of sulfonamides is 1. The summed E-state index contributed by atoms with van der Waals surface area (Å²) in [6.07, 6.45) is 7.86. The van der Waals surface area contributed by atoms with Crippen LogP contribution in [0.1, 0.15) is 38.5 Å². The highest BCUT2D eigenvalue weighted by Crippen LogP contribution is 2.18. The van der Waals surface area contributed by atoms with E-state index < -0.39 is 15.8 Å². The zero-order chi connectivity index (χ0) is 16.3. The second-order valence-electron chi connectivity index (χ2n) is 6.70. The van der Waals surface area contributed by atoms with Gasteiger partial charge in [0.1, 0.15) is 5.82 Å². The lowest BCUT2D eigenvalue weighted by Crippen LogP contribution is -3.18. The van der Waals surface area contributed by atoms with E-state index in [9.17, 15) is 12.8 Å². The summed E-state index contributed by atoms with van der Waals surface area (Å²) in [6, 6.07) is 5.83. The maximum absolute atomic E-state index is 13.0. The average molecular weight is 341 g/mol. The minimum Gasteiger partial charge on any atom is -0.330 e. The van der Waals surface area contributed by atoms with Crippen molar-refractivity contribution in [3.05, 3.63) is 30.1 Å². The largest absolute Gasteiger partial charge is 0.330 e. The molecule has 0 unspecified atom stereocenters. The lowest BCUT2D eigenvalue weighted by Gasteiger charge is -2.35. The Morgan fingerprint density at radius 1 is 0.957 bits per heavy atom. The van der Waals surface area contributed by atoms with Crippen molar-refractivity contribution in [3.8, 4) is 0 Å². The van der Waals surface area contributed by atoms with Gasteiger partial charge >= 0.3 is 0 Å². The van der Waals surface area contributed by atoms with E-state index >= 15 is 0 Å². The summed E-state index contributed by atoms with van der Waals surface area (Å²) < 4.78 is 39.8. The molecule has 128 valence electrons. The second kappa shape index (κ2) is 7.28. The molecule has 0 bridgehead atoms. The Hall–Kier alpha value is -0.980. The van der Waals surface area contributed by atoms with Crippen molar-refractivity contribution in [2.75, 3.05) is 26.2 Å². The Morgan fingerprint density at radius 3 is 2.09 bits per heavy atom. The molecule has 1 aliphatic carbocycles. The number of benzene rings is 1. The lowest BCUT2D eigenvalue weighted by atomic mass is 10.1. The van der Waals surface area contributed by atoms with E-state index in [-0.39, 0.29) is 4.90 Å². The fraction of sp³-hybridized carbons (Fsp3) is 0.647. The highest BCUT2D eigenvalue weighted by Gasteiger charge is 2.33. The topological polar surface area (TPSA) is 41.8 Å². The molecule has 1 aromatic rings. The highest BCUT2D eigenvalue weighted by atomic mass is 32.2.